The largest absolute Gasteiger partial charge is 0.379 e. The van der Waals surface area contributed by atoms with Crippen molar-refractivity contribution in [1.82, 2.24) is 15.1 Å². The molecule has 2 fully saturated rings. The second kappa shape index (κ2) is 5.33. The molecule has 0 aromatic rings. The van der Waals surface area contributed by atoms with E-state index in [1.807, 2.05) is 11.9 Å². The third-order valence-corrected chi connectivity index (χ3v) is 3.97. The Hall–Kier alpha value is -0.650. The SMILES string of the molecule is CNC1COCC1C(=O)N1CCC(N(C)C)C1. The number of carbonyl (C=O) groups excluding carboxylic acids is 1. The van der Waals surface area contributed by atoms with E-state index in [0.717, 1.165) is 19.5 Å². The topological polar surface area (TPSA) is 44.8 Å². The average molecular weight is 241 g/mol. The first-order valence-corrected chi connectivity index (χ1v) is 6.33. The maximum atomic E-state index is 12.4. The molecule has 3 atom stereocenters. The molecule has 0 saturated carbocycles. The van der Waals surface area contributed by atoms with Crippen LogP contribution in [0.4, 0.5) is 0 Å². The summed E-state index contributed by atoms with van der Waals surface area (Å²) >= 11 is 0. The zero-order valence-corrected chi connectivity index (χ0v) is 11.0. The number of amides is 1. The fourth-order valence-corrected chi connectivity index (χ4v) is 2.68. The van der Waals surface area contributed by atoms with Crippen molar-refractivity contribution in [2.24, 2.45) is 5.92 Å². The van der Waals surface area contributed by atoms with E-state index < -0.39 is 0 Å². The molecule has 98 valence electrons. The van der Waals surface area contributed by atoms with Gasteiger partial charge in [0.05, 0.1) is 19.1 Å². The molecule has 2 saturated heterocycles. The molecule has 2 aliphatic heterocycles. The molecule has 3 unspecified atom stereocenters. The predicted molar refractivity (Wildman–Crippen MR) is 65.8 cm³/mol. The zero-order valence-electron chi connectivity index (χ0n) is 11.0. The molecule has 0 bridgehead atoms. The molecule has 0 aliphatic carbocycles. The van der Waals surface area contributed by atoms with Gasteiger partial charge in [-0.25, -0.2) is 0 Å². The Balaban J connectivity index is 1.92. The molecule has 0 radical (unpaired) electrons. The number of rotatable bonds is 3. The lowest BCUT2D eigenvalue weighted by Crippen LogP contribution is -2.44. The summed E-state index contributed by atoms with van der Waals surface area (Å²) in [7, 11) is 6.05. The van der Waals surface area contributed by atoms with Crippen molar-refractivity contribution in [3.8, 4) is 0 Å². The first kappa shape index (κ1) is 12.8. The molecule has 0 aromatic heterocycles. The van der Waals surface area contributed by atoms with Gasteiger partial charge in [0.15, 0.2) is 0 Å². The summed E-state index contributed by atoms with van der Waals surface area (Å²) in [6, 6.07) is 0.690. The number of nitrogens with zero attached hydrogens (tertiary/aromatic N) is 2. The van der Waals surface area contributed by atoms with Crippen LogP contribution in [0.2, 0.25) is 0 Å². The van der Waals surface area contributed by atoms with Crippen molar-refractivity contribution >= 4 is 5.91 Å². The number of ether oxygens (including phenoxy) is 1. The van der Waals surface area contributed by atoms with Crippen LogP contribution in [-0.4, -0.2) is 75.2 Å². The quantitative estimate of drug-likeness (QED) is 0.715. The number of carbonyl (C=O) groups is 1. The molecule has 1 N–H and O–H groups in total. The van der Waals surface area contributed by atoms with Crippen molar-refractivity contribution in [3.63, 3.8) is 0 Å². The van der Waals surface area contributed by atoms with Gasteiger partial charge in [-0.2, -0.15) is 0 Å². The first-order chi connectivity index (χ1) is 8.13. The standard InChI is InChI=1S/C12H23N3O2/c1-13-11-8-17-7-10(11)12(16)15-5-4-9(6-15)14(2)3/h9-11,13H,4-8H2,1-3H3. The van der Waals surface area contributed by atoms with Gasteiger partial charge in [-0.05, 0) is 27.6 Å². The van der Waals surface area contributed by atoms with E-state index in [2.05, 4.69) is 24.3 Å². The van der Waals surface area contributed by atoms with Crippen LogP contribution in [0.15, 0.2) is 0 Å². The molecule has 1 amide bonds. The van der Waals surface area contributed by atoms with E-state index in [-0.39, 0.29) is 17.9 Å². The summed E-state index contributed by atoms with van der Waals surface area (Å²) in [5.74, 6) is 0.257. The number of hydrogen-bond acceptors (Lipinski definition) is 4. The van der Waals surface area contributed by atoms with Gasteiger partial charge in [0.25, 0.3) is 0 Å². The molecule has 0 spiro atoms. The van der Waals surface area contributed by atoms with Crippen molar-refractivity contribution in [2.75, 3.05) is 47.4 Å². The molecular formula is C12H23N3O2. The second-order valence-electron chi connectivity index (χ2n) is 5.23. The molecule has 0 aromatic carbocycles. The zero-order chi connectivity index (χ0) is 12.4. The second-order valence-corrected chi connectivity index (χ2v) is 5.23. The highest BCUT2D eigenvalue weighted by Crippen LogP contribution is 2.21. The van der Waals surface area contributed by atoms with Crippen molar-refractivity contribution in [1.29, 1.82) is 0 Å². The van der Waals surface area contributed by atoms with Crippen molar-refractivity contribution < 1.29 is 9.53 Å². The number of likely N-dealkylation sites (N-methyl/N-ethyl adjacent to an activating group) is 2. The lowest BCUT2D eigenvalue weighted by molar-refractivity contribution is -0.135. The summed E-state index contributed by atoms with van der Waals surface area (Å²) in [5, 5.41) is 3.17. The third kappa shape index (κ3) is 2.61. The lowest BCUT2D eigenvalue weighted by Gasteiger charge is -2.24. The van der Waals surface area contributed by atoms with Gasteiger partial charge in [-0.15, -0.1) is 0 Å². The Kier molecular flexibility index (Phi) is 4.01. The molecule has 2 rings (SSSR count). The molecule has 2 aliphatic rings. The maximum absolute atomic E-state index is 12.4. The molecule has 5 heteroatoms. The van der Waals surface area contributed by atoms with Crippen LogP contribution in [0, 0.1) is 5.92 Å². The number of hydrogen-bond donors (Lipinski definition) is 1. The van der Waals surface area contributed by atoms with Gasteiger partial charge in [0.1, 0.15) is 0 Å². The van der Waals surface area contributed by atoms with Crippen molar-refractivity contribution in [2.45, 2.75) is 18.5 Å². The van der Waals surface area contributed by atoms with Gasteiger partial charge in [0.2, 0.25) is 5.91 Å². The Bertz CT molecular complexity index is 283. The fraction of sp³-hybridized carbons (Fsp3) is 0.917. The van der Waals surface area contributed by atoms with Crippen LogP contribution < -0.4 is 5.32 Å². The van der Waals surface area contributed by atoms with Crippen LogP contribution in [0.3, 0.4) is 0 Å². The van der Waals surface area contributed by atoms with E-state index in [1.165, 1.54) is 0 Å². The normalized spacial score (nSPS) is 33.6. The third-order valence-electron chi connectivity index (χ3n) is 3.97. The Morgan fingerprint density at radius 2 is 2.18 bits per heavy atom. The van der Waals surface area contributed by atoms with Crippen LogP contribution in [0.25, 0.3) is 0 Å². The van der Waals surface area contributed by atoms with Crippen LogP contribution >= 0.6 is 0 Å². The summed E-state index contributed by atoms with van der Waals surface area (Å²) in [5.41, 5.74) is 0. The summed E-state index contributed by atoms with van der Waals surface area (Å²) in [6.07, 6.45) is 1.08. The number of likely N-dealkylation sites (tertiary alicyclic amines) is 1. The van der Waals surface area contributed by atoms with E-state index in [0.29, 0.717) is 19.3 Å². The monoisotopic (exact) mass is 241 g/mol. The Labute approximate surface area is 103 Å². The van der Waals surface area contributed by atoms with Gasteiger partial charge in [-0.3, -0.25) is 4.79 Å². The van der Waals surface area contributed by atoms with Gasteiger partial charge >= 0.3 is 0 Å². The van der Waals surface area contributed by atoms with Gasteiger partial charge in [-0.1, -0.05) is 0 Å². The highest BCUT2D eigenvalue weighted by Gasteiger charge is 2.38. The average Bonchev–Trinajstić information content (AvgIpc) is 2.96. The fourth-order valence-electron chi connectivity index (χ4n) is 2.68. The summed E-state index contributed by atoms with van der Waals surface area (Å²) in [6.45, 7) is 2.96. The highest BCUT2D eigenvalue weighted by atomic mass is 16.5. The Morgan fingerprint density at radius 1 is 1.41 bits per heavy atom. The lowest BCUT2D eigenvalue weighted by atomic mass is 10.0. The van der Waals surface area contributed by atoms with E-state index >= 15 is 0 Å². The first-order valence-electron chi connectivity index (χ1n) is 6.33. The van der Waals surface area contributed by atoms with Crippen molar-refractivity contribution in [3.05, 3.63) is 0 Å². The minimum atomic E-state index is 0.000845. The number of nitrogens with one attached hydrogen (secondary N) is 1. The highest BCUT2D eigenvalue weighted by molar-refractivity contribution is 5.80. The van der Waals surface area contributed by atoms with Crippen LogP contribution in [0.5, 0.6) is 0 Å². The molecular weight excluding hydrogens is 218 g/mol. The van der Waals surface area contributed by atoms with Crippen LogP contribution in [0.1, 0.15) is 6.42 Å². The van der Waals surface area contributed by atoms with E-state index in [4.69, 9.17) is 4.74 Å². The van der Waals surface area contributed by atoms with E-state index in [9.17, 15) is 4.79 Å². The summed E-state index contributed by atoms with van der Waals surface area (Å²) in [4.78, 5) is 16.6. The minimum absolute atomic E-state index is 0.000845. The minimum Gasteiger partial charge on any atom is -0.379 e. The Morgan fingerprint density at radius 3 is 2.76 bits per heavy atom. The summed E-state index contributed by atoms with van der Waals surface area (Å²) < 4.78 is 5.40. The van der Waals surface area contributed by atoms with E-state index in [1.54, 1.807) is 0 Å². The maximum Gasteiger partial charge on any atom is 0.229 e. The van der Waals surface area contributed by atoms with Gasteiger partial charge < -0.3 is 19.9 Å². The molecule has 2 heterocycles. The smallest absolute Gasteiger partial charge is 0.229 e. The van der Waals surface area contributed by atoms with Crippen LogP contribution in [-0.2, 0) is 9.53 Å². The molecule has 17 heavy (non-hydrogen) atoms. The molecule has 5 nitrogen and oxygen atoms in total. The van der Waals surface area contributed by atoms with Gasteiger partial charge in [0, 0.05) is 25.2 Å². The predicted octanol–water partition coefficient (Wildman–Crippen LogP) is -0.617.